The number of benzene rings is 3. The predicted molar refractivity (Wildman–Crippen MR) is 102 cm³/mol. The summed E-state index contributed by atoms with van der Waals surface area (Å²) in [6.45, 7) is 0.363. The van der Waals surface area contributed by atoms with E-state index >= 15 is 0 Å². The van der Waals surface area contributed by atoms with Gasteiger partial charge in [-0.2, -0.15) is 0 Å². The van der Waals surface area contributed by atoms with Gasteiger partial charge in [-0.3, -0.25) is 0 Å². The van der Waals surface area contributed by atoms with E-state index in [0.717, 1.165) is 27.8 Å². The van der Waals surface area contributed by atoms with Crippen molar-refractivity contribution in [3.63, 3.8) is 0 Å². The Morgan fingerprint density at radius 2 is 1.59 bits per heavy atom. The highest BCUT2D eigenvalue weighted by Crippen LogP contribution is 2.40. The Morgan fingerprint density at radius 1 is 0.926 bits per heavy atom. The first-order valence-electron chi connectivity index (χ1n) is 8.57. The molecule has 4 heteroatoms. The van der Waals surface area contributed by atoms with E-state index in [-0.39, 0.29) is 11.8 Å². The van der Waals surface area contributed by atoms with Crippen molar-refractivity contribution in [1.82, 2.24) is 0 Å². The van der Waals surface area contributed by atoms with Gasteiger partial charge in [0.15, 0.2) is 0 Å². The number of halogens is 1. The average molecular weight is 360 g/mol. The molecule has 0 amide bonds. The van der Waals surface area contributed by atoms with E-state index in [1.807, 2.05) is 42.5 Å². The number of hydrogen-bond acceptors (Lipinski definition) is 3. The normalized spacial score (nSPS) is 14.3. The van der Waals surface area contributed by atoms with Crippen LogP contribution in [0.15, 0.2) is 72.8 Å². The Bertz CT molecular complexity index is 1020. The molecule has 1 heterocycles. The van der Waals surface area contributed by atoms with Gasteiger partial charge in [-0.05, 0) is 47.0 Å². The molecule has 0 N–H and O–H groups in total. The van der Waals surface area contributed by atoms with Gasteiger partial charge in [-0.25, -0.2) is 9.18 Å². The molecule has 1 aliphatic rings. The van der Waals surface area contributed by atoms with Crippen molar-refractivity contribution in [2.24, 2.45) is 0 Å². The average Bonchev–Trinajstić information content (AvgIpc) is 3.12. The fraction of sp³-hybridized carbons (Fsp3) is 0.0870. The van der Waals surface area contributed by atoms with Crippen molar-refractivity contribution in [2.75, 3.05) is 13.7 Å². The Hall–Kier alpha value is -3.40. The van der Waals surface area contributed by atoms with Gasteiger partial charge < -0.3 is 9.47 Å². The molecule has 0 radical (unpaired) electrons. The highest BCUT2D eigenvalue weighted by atomic mass is 19.1. The van der Waals surface area contributed by atoms with Gasteiger partial charge in [0.05, 0.1) is 12.7 Å². The van der Waals surface area contributed by atoms with E-state index < -0.39 is 0 Å². The molecular formula is C23H17FO3. The van der Waals surface area contributed by atoms with Gasteiger partial charge in [0.25, 0.3) is 0 Å². The van der Waals surface area contributed by atoms with Crippen LogP contribution < -0.4 is 4.74 Å². The fourth-order valence-corrected chi connectivity index (χ4v) is 3.31. The molecule has 0 spiro atoms. The Balaban J connectivity index is 1.90. The minimum Gasteiger partial charge on any atom is -0.488 e. The summed E-state index contributed by atoms with van der Waals surface area (Å²) in [5, 5.41) is 0. The van der Waals surface area contributed by atoms with Gasteiger partial charge in [0.1, 0.15) is 18.2 Å². The first kappa shape index (κ1) is 17.0. The maximum atomic E-state index is 13.9. The predicted octanol–water partition coefficient (Wildman–Crippen LogP) is 4.96. The third-order valence-corrected chi connectivity index (χ3v) is 4.60. The van der Waals surface area contributed by atoms with Crippen molar-refractivity contribution in [1.29, 1.82) is 0 Å². The first-order chi connectivity index (χ1) is 13.2. The smallest absolute Gasteiger partial charge is 0.337 e. The van der Waals surface area contributed by atoms with Gasteiger partial charge in [0, 0.05) is 11.1 Å². The van der Waals surface area contributed by atoms with E-state index in [2.05, 4.69) is 0 Å². The quantitative estimate of drug-likeness (QED) is 0.619. The molecule has 4 rings (SSSR count). The zero-order valence-corrected chi connectivity index (χ0v) is 14.7. The van der Waals surface area contributed by atoms with Gasteiger partial charge in [0.2, 0.25) is 0 Å². The molecule has 3 aromatic rings. The summed E-state index contributed by atoms with van der Waals surface area (Å²) in [5.74, 6) is -0.0108. The van der Waals surface area contributed by atoms with Crippen LogP contribution in [0.4, 0.5) is 4.39 Å². The summed E-state index contributed by atoms with van der Waals surface area (Å²) in [7, 11) is 1.36. The zero-order valence-electron chi connectivity index (χ0n) is 14.7. The largest absolute Gasteiger partial charge is 0.488 e. The lowest BCUT2D eigenvalue weighted by molar-refractivity contribution is 0.0600. The van der Waals surface area contributed by atoms with E-state index in [9.17, 15) is 9.18 Å². The fourth-order valence-electron chi connectivity index (χ4n) is 3.31. The molecular weight excluding hydrogens is 343 g/mol. The number of carbonyl (C=O) groups is 1. The van der Waals surface area contributed by atoms with E-state index in [0.29, 0.717) is 17.9 Å². The summed E-state index contributed by atoms with van der Waals surface area (Å²) >= 11 is 0. The first-order valence-corrected chi connectivity index (χ1v) is 8.57. The van der Waals surface area contributed by atoms with Crippen molar-refractivity contribution < 1.29 is 18.7 Å². The number of rotatable bonds is 3. The molecule has 0 aromatic heterocycles. The lowest BCUT2D eigenvalue weighted by Crippen LogP contribution is -2.02. The highest BCUT2D eigenvalue weighted by molar-refractivity contribution is 6.01. The van der Waals surface area contributed by atoms with Crippen molar-refractivity contribution in [3.05, 3.63) is 101 Å². The summed E-state index contributed by atoms with van der Waals surface area (Å²) in [6.07, 6.45) is 0. The second-order valence-electron chi connectivity index (χ2n) is 6.22. The van der Waals surface area contributed by atoms with Crippen LogP contribution in [-0.2, 0) is 4.74 Å². The molecule has 27 heavy (non-hydrogen) atoms. The number of methoxy groups -OCH3 is 1. The molecule has 0 atom stereocenters. The van der Waals surface area contributed by atoms with Crippen LogP contribution in [0.3, 0.4) is 0 Å². The Kier molecular flexibility index (Phi) is 4.47. The van der Waals surface area contributed by atoms with Gasteiger partial charge >= 0.3 is 5.97 Å². The molecule has 0 bridgehead atoms. The standard InChI is InChI=1S/C23H17FO3/c1-26-23(25)17-9-7-16(8-10-17)22(15-5-3-2-4-6-15)20-14-27-21-12-11-18(24)13-19(20)21/h2-13H,14H2,1H3/b22-20-. The van der Waals surface area contributed by atoms with Crippen LogP contribution >= 0.6 is 0 Å². The monoisotopic (exact) mass is 360 g/mol. The van der Waals surface area contributed by atoms with Crippen molar-refractivity contribution in [3.8, 4) is 5.75 Å². The molecule has 0 saturated carbocycles. The Labute approximate surface area is 156 Å². The Morgan fingerprint density at radius 3 is 2.30 bits per heavy atom. The van der Waals surface area contributed by atoms with Crippen LogP contribution in [-0.4, -0.2) is 19.7 Å². The number of hydrogen-bond donors (Lipinski definition) is 0. The van der Waals surface area contributed by atoms with Gasteiger partial charge in [-0.15, -0.1) is 0 Å². The zero-order chi connectivity index (χ0) is 18.8. The lowest BCUT2D eigenvalue weighted by Gasteiger charge is -2.13. The third kappa shape index (κ3) is 3.22. The summed E-state index contributed by atoms with van der Waals surface area (Å²) in [6, 6.07) is 21.6. The molecule has 3 aromatic carbocycles. The van der Waals surface area contributed by atoms with E-state index in [1.54, 1.807) is 18.2 Å². The lowest BCUT2D eigenvalue weighted by atomic mass is 9.90. The molecule has 0 saturated heterocycles. The van der Waals surface area contributed by atoms with E-state index in [4.69, 9.17) is 9.47 Å². The topological polar surface area (TPSA) is 35.5 Å². The summed E-state index contributed by atoms with van der Waals surface area (Å²) in [5.41, 5.74) is 5.03. The highest BCUT2D eigenvalue weighted by Gasteiger charge is 2.23. The van der Waals surface area contributed by atoms with Crippen LogP contribution in [0, 0.1) is 5.82 Å². The second-order valence-corrected chi connectivity index (χ2v) is 6.22. The molecule has 134 valence electrons. The second kappa shape index (κ2) is 7.08. The SMILES string of the molecule is COC(=O)c1ccc(/C(=C2/COc3ccc(F)cc32)c2ccccc2)cc1. The maximum absolute atomic E-state index is 13.9. The molecule has 1 aliphatic heterocycles. The number of carbonyl (C=O) groups excluding carboxylic acids is 1. The number of esters is 1. The van der Waals surface area contributed by atoms with Crippen LogP contribution in [0.5, 0.6) is 5.75 Å². The van der Waals surface area contributed by atoms with Crippen LogP contribution in [0.2, 0.25) is 0 Å². The summed E-state index contributed by atoms with van der Waals surface area (Å²) in [4.78, 5) is 11.7. The number of fused-ring (bicyclic) bond motifs is 1. The molecule has 0 unspecified atom stereocenters. The summed E-state index contributed by atoms with van der Waals surface area (Å²) < 4.78 is 24.4. The van der Waals surface area contributed by atoms with Crippen molar-refractivity contribution in [2.45, 2.75) is 0 Å². The molecule has 0 aliphatic carbocycles. The maximum Gasteiger partial charge on any atom is 0.337 e. The third-order valence-electron chi connectivity index (χ3n) is 4.60. The minimum atomic E-state index is -0.382. The molecule has 0 fully saturated rings. The van der Waals surface area contributed by atoms with Crippen LogP contribution in [0.1, 0.15) is 27.0 Å². The molecule has 3 nitrogen and oxygen atoms in total. The number of ether oxygens (including phenoxy) is 2. The van der Waals surface area contributed by atoms with Crippen molar-refractivity contribution >= 4 is 17.1 Å². The minimum absolute atomic E-state index is 0.301. The van der Waals surface area contributed by atoms with E-state index in [1.165, 1.54) is 19.2 Å². The van der Waals surface area contributed by atoms with Gasteiger partial charge in [-0.1, -0.05) is 42.5 Å². The van der Waals surface area contributed by atoms with Crippen LogP contribution in [0.25, 0.3) is 11.1 Å².